The monoisotopic (exact) mass is 385 g/mol. The molecule has 7 nitrogen and oxygen atoms in total. The van der Waals surface area contributed by atoms with Gasteiger partial charge in [0.1, 0.15) is 11.5 Å². The highest BCUT2D eigenvalue weighted by molar-refractivity contribution is 6.30. The lowest BCUT2D eigenvalue weighted by Gasteiger charge is -2.12. The Morgan fingerprint density at radius 1 is 1.11 bits per heavy atom. The maximum absolute atomic E-state index is 12.6. The molecule has 0 radical (unpaired) electrons. The van der Waals surface area contributed by atoms with E-state index in [0.29, 0.717) is 27.9 Å². The molecule has 0 fully saturated rings. The van der Waals surface area contributed by atoms with E-state index >= 15 is 0 Å². The second-order valence-electron chi connectivity index (χ2n) is 5.47. The number of rotatable bonds is 5. The maximum atomic E-state index is 12.6. The van der Waals surface area contributed by atoms with Gasteiger partial charge in [0.25, 0.3) is 5.91 Å². The van der Waals surface area contributed by atoms with Crippen molar-refractivity contribution >= 4 is 23.2 Å². The molecule has 0 bridgehead atoms. The summed E-state index contributed by atoms with van der Waals surface area (Å²) in [7, 11) is 2.99. The van der Waals surface area contributed by atoms with Gasteiger partial charge in [-0.25, -0.2) is 4.68 Å². The fraction of sp³-hybridized carbons (Fsp3) is 0.105. The number of carbonyl (C=O) groups excluding carboxylic acids is 1. The van der Waals surface area contributed by atoms with E-state index in [1.807, 2.05) is 0 Å². The molecule has 138 valence electrons. The molecule has 0 saturated heterocycles. The molecule has 0 atom stereocenters. The van der Waals surface area contributed by atoms with Gasteiger partial charge in [-0.1, -0.05) is 17.7 Å². The van der Waals surface area contributed by atoms with Gasteiger partial charge in [0.15, 0.2) is 5.69 Å². The summed E-state index contributed by atoms with van der Waals surface area (Å²) in [5.41, 5.74) is 0.215. The average molecular weight is 386 g/mol. The molecule has 27 heavy (non-hydrogen) atoms. The second kappa shape index (κ2) is 7.92. The molecule has 0 aliphatic rings. The average Bonchev–Trinajstić information content (AvgIpc) is 2.68. The Morgan fingerprint density at radius 3 is 2.63 bits per heavy atom. The molecular weight excluding hydrogens is 370 g/mol. The third-order valence-corrected chi connectivity index (χ3v) is 3.99. The fourth-order valence-corrected chi connectivity index (χ4v) is 2.61. The Kier molecular flexibility index (Phi) is 5.42. The van der Waals surface area contributed by atoms with Gasteiger partial charge in [0.2, 0.25) is 5.43 Å². The van der Waals surface area contributed by atoms with E-state index in [4.69, 9.17) is 21.1 Å². The van der Waals surface area contributed by atoms with Gasteiger partial charge in [-0.05, 0) is 30.3 Å². The first-order valence-electron chi connectivity index (χ1n) is 7.91. The van der Waals surface area contributed by atoms with E-state index in [0.717, 1.165) is 0 Å². The molecule has 0 aliphatic carbocycles. The highest BCUT2D eigenvalue weighted by Gasteiger charge is 2.16. The van der Waals surface area contributed by atoms with Crippen LogP contribution in [0.25, 0.3) is 5.69 Å². The van der Waals surface area contributed by atoms with Crippen molar-refractivity contribution < 1.29 is 14.3 Å². The van der Waals surface area contributed by atoms with Crippen LogP contribution in [-0.2, 0) is 0 Å². The predicted molar refractivity (Wildman–Crippen MR) is 102 cm³/mol. The first kappa shape index (κ1) is 18.5. The number of nitrogens with zero attached hydrogens (tertiary/aromatic N) is 2. The van der Waals surface area contributed by atoms with E-state index in [2.05, 4.69) is 10.4 Å². The zero-order valence-corrected chi connectivity index (χ0v) is 15.4. The number of nitrogens with one attached hydrogen (secondary N) is 1. The van der Waals surface area contributed by atoms with Crippen molar-refractivity contribution in [1.82, 2.24) is 9.78 Å². The third-order valence-electron chi connectivity index (χ3n) is 3.75. The van der Waals surface area contributed by atoms with Crippen molar-refractivity contribution in [2.45, 2.75) is 0 Å². The van der Waals surface area contributed by atoms with Crippen LogP contribution < -0.4 is 20.2 Å². The number of methoxy groups -OCH3 is 2. The highest BCUT2D eigenvalue weighted by Crippen LogP contribution is 2.29. The Labute approximate surface area is 160 Å². The summed E-state index contributed by atoms with van der Waals surface area (Å²) in [6, 6.07) is 13.1. The number of carbonyl (C=O) groups is 1. The fourth-order valence-electron chi connectivity index (χ4n) is 2.42. The summed E-state index contributed by atoms with van der Waals surface area (Å²) in [4.78, 5) is 24.8. The van der Waals surface area contributed by atoms with Crippen molar-refractivity contribution in [3.8, 4) is 17.2 Å². The van der Waals surface area contributed by atoms with Gasteiger partial charge in [0.05, 0.1) is 25.6 Å². The summed E-state index contributed by atoms with van der Waals surface area (Å²) in [6.45, 7) is 0. The van der Waals surface area contributed by atoms with Gasteiger partial charge in [0, 0.05) is 23.4 Å². The number of aromatic nitrogens is 2. The van der Waals surface area contributed by atoms with Crippen molar-refractivity contribution in [1.29, 1.82) is 0 Å². The van der Waals surface area contributed by atoms with Crippen LogP contribution in [0.2, 0.25) is 5.02 Å². The van der Waals surface area contributed by atoms with Crippen molar-refractivity contribution in [2.24, 2.45) is 0 Å². The predicted octanol–water partition coefficient (Wildman–Crippen LogP) is 3.16. The van der Waals surface area contributed by atoms with Crippen molar-refractivity contribution in [3.05, 3.63) is 75.7 Å². The molecule has 1 heterocycles. The lowest BCUT2D eigenvalue weighted by molar-refractivity contribution is 0.101. The van der Waals surface area contributed by atoms with Crippen molar-refractivity contribution in [3.63, 3.8) is 0 Å². The largest absolute Gasteiger partial charge is 0.497 e. The minimum absolute atomic E-state index is 0.262. The summed E-state index contributed by atoms with van der Waals surface area (Å²) >= 11 is 5.99. The van der Waals surface area contributed by atoms with E-state index < -0.39 is 11.3 Å². The minimum Gasteiger partial charge on any atom is -0.497 e. The number of amides is 1. The third kappa shape index (κ3) is 4.09. The van der Waals surface area contributed by atoms with Gasteiger partial charge < -0.3 is 14.8 Å². The smallest absolute Gasteiger partial charge is 0.280 e. The summed E-state index contributed by atoms with van der Waals surface area (Å²) in [5.74, 6) is 0.293. The molecule has 3 aromatic rings. The molecule has 0 unspecified atom stereocenters. The van der Waals surface area contributed by atoms with E-state index in [1.54, 1.807) is 42.5 Å². The first-order valence-corrected chi connectivity index (χ1v) is 8.29. The summed E-state index contributed by atoms with van der Waals surface area (Å²) in [6.07, 6.45) is 1.47. The number of hydrogen-bond acceptors (Lipinski definition) is 5. The number of ether oxygens (including phenoxy) is 2. The van der Waals surface area contributed by atoms with Crippen LogP contribution in [-0.4, -0.2) is 29.9 Å². The topological polar surface area (TPSA) is 82.4 Å². The van der Waals surface area contributed by atoms with Crippen LogP contribution >= 0.6 is 11.6 Å². The van der Waals surface area contributed by atoms with Gasteiger partial charge >= 0.3 is 0 Å². The van der Waals surface area contributed by atoms with Crippen LogP contribution in [0.1, 0.15) is 10.5 Å². The van der Waals surface area contributed by atoms with Crippen LogP contribution in [0.5, 0.6) is 11.5 Å². The van der Waals surface area contributed by atoms with Crippen LogP contribution in [0.15, 0.2) is 59.5 Å². The first-order chi connectivity index (χ1) is 13.0. The van der Waals surface area contributed by atoms with Crippen LogP contribution in [0.4, 0.5) is 5.69 Å². The Balaban J connectivity index is 1.96. The zero-order chi connectivity index (χ0) is 19.4. The molecule has 0 saturated carbocycles. The zero-order valence-electron chi connectivity index (χ0n) is 14.6. The summed E-state index contributed by atoms with van der Waals surface area (Å²) < 4.78 is 11.8. The SMILES string of the molecule is COc1ccc(OC)c(NC(=O)c2nn(-c3cccc(Cl)c3)ccc2=O)c1. The number of benzene rings is 2. The molecule has 1 aromatic heterocycles. The minimum atomic E-state index is -0.664. The van der Waals surface area contributed by atoms with E-state index in [9.17, 15) is 9.59 Å². The van der Waals surface area contributed by atoms with Crippen LogP contribution in [0.3, 0.4) is 0 Å². The molecule has 1 amide bonds. The van der Waals surface area contributed by atoms with Crippen molar-refractivity contribution in [2.75, 3.05) is 19.5 Å². The Bertz CT molecular complexity index is 1050. The second-order valence-corrected chi connectivity index (χ2v) is 5.91. The number of anilines is 1. The van der Waals surface area contributed by atoms with Gasteiger partial charge in [-0.2, -0.15) is 5.10 Å². The molecule has 0 spiro atoms. The van der Waals surface area contributed by atoms with Gasteiger partial charge in [-0.15, -0.1) is 0 Å². The molecular formula is C19H16ClN3O4. The quantitative estimate of drug-likeness (QED) is 0.729. The summed E-state index contributed by atoms with van der Waals surface area (Å²) in [5, 5.41) is 7.29. The Morgan fingerprint density at radius 2 is 1.93 bits per heavy atom. The lowest BCUT2D eigenvalue weighted by atomic mass is 10.2. The molecule has 8 heteroatoms. The number of halogens is 1. The lowest BCUT2D eigenvalue weighted by Crippen LogP contribution is -2.25. The Hall–Kier alpha value is -3.32. The van der Waals surface area contributed by atoms with Crippen LogP contribution in [0, 0.1) is 0 Å². The molecule has 2 aromatic carbocycles. The standard InChI is InChI=1S/C19H16ClN3O4/c1-26-14-6-7-17(27-2)15(11-14)21-19(25)18-16(24)8-9-23(22-18)13-5-3-4-12(20)10-13/h3-11H,1-2H3,(H,21,25). The highest BCUT2D eigenvalue weighted by atomic mass is 35.5. The normalized spacial score (nSPS) is 10.3. The van der Waals surface area contributed by atoms with Gasteiger partial charge in [-0.3, -0.25) is 9.59 Å². The van der Waals surface area contributed by atoms with E-state index in [1.165, 1.54) is 31.2 Å². The maximum Gasteiger partial charge on any atom is 0.280 e. The molecule has 0 aliphatic heterocycles. The van der Waals surface area contributed by atoms with E-state index in [-0.39, 0.29) is 5.69 Å². The number of hydrogen-bond donors (Lipinski definition) is 1. The molecule has 1 N–H and O–H groups in total. The molecule has 3 rings (SSSR count).